The van der Waals surface area contributed by atoms with Crippen LogP contribution in [0, 0.1) is 6.92 Å². The third-order valence-corrected chi connectivity index (χ3v) is 3.82. The fraction of sp³-hybridized carbons (Fsp3) is 0.786. The minimum absolute atomic E-state index is 0.206. The second kappa shape index (κ2) is 8.65. The van der Waals surface area contributed by atoms with Crippen molar-refractivity contribution < 1.29 is 5.11 Å². The molecule has 1 rings (SSSR count). The van der Waals surface area contributed by atoms with Crippen molar-refractivity contribution in [1.29, 1.82) is 0 Å². The van der Waals surface area contributed by atoms with E-state index in [1.165, 1.54) is 32.1 Å². The maximum absolute atomic E-state index is 9.88. The standard InChI is InChI=1S/C14H25NOS/c1-3-4-5-6-7-8-9-14(16)10-13-11-17-12(2)15-13/h11,14,16H,3-10H2,1-2H3. The molecule has 0 fully saturated rings. The van der Waals surface area contributed by atoms with E-state index in [-0.39, 0.29) is 6.10 Å². The van der Waals surface area contributed by atoms with Crippen LogP contribution in [0.1, 0.15) is 62.6 Å². The Balaban J connectivity index is 2.03. The lowest BCUT2D eigenvalue weighted by Gasteiger charge is -2.08. The highest BCUT2D eigenvalue weighted by molar-refractivity contribution is 7.09. The molecule has 0 spiro atoms. The minimum Gasteiger partial charge on any atom is -0.393 e. The number of aliphatic hydroxyl groups is 1. The van der Waals surface area contributed by atoms with E-state index < -0.39 is 0 Å². The molecule has 3 heteroatoms. The summed E-state index contributed by atoms with van der Waals surface area (Å²) in [6.07, 6.45) is 9.15. The van der Waals surface area contributed by atoms with Gasteiger partial charge < -0.3 is 5.11 Å². The molecule has 0 saturated carbocycles. The summed E-state index contributed by atoms with van der Waals surface area (Å²) >= 11 is 1.66. The van der Waals surface area contributed by atoms with Crippen LogP contribution in [-0.4, -0.2) is 16.2 Å². The van der Waals surface area contributed by atoms with Gasteiger partial charge in [0.1, 0.15) is 0 Å². The number of hydrogen-bond acceptors (Lipinski definition) is 3. The quantitative estimate of drug-likeness (QED) is 0.674. The lowest BCUT2D eigenvalue weighted by atomic mass is 10.0. The van der Waals surface area contributed by atoms with Gasteiger partial charge in [-0.1, -0.05) is 45.4 Å². The van der Waals surface area contributed by atoms with E-state index in [0.29, 0.717) is 0 Å². The molecular weight excluding hydrogens is 230 g/mol. The Hall–Kier alpha value is -0.410. The summed E-state index contributed by atoms with van der Waals surface area (Å²) in [5.41, 5.74) is 1.05. The summed E-state index contributed by atoms with van der Waals surface area (Å²) in [6.45, 7) is 4.24. The van der Waals surface area contributed by atoms with Crippen LogP contribution in [0.3, 0.4) is 0 Å². The molecule has 17 heavy (non-hydrogen) atoms. The Labute approximate surface area is 109 Å². The van der Waals surface area contributed by atoms with E-state index in [9.17, 15) is 5.11 Å². The number of thiazole rings is 1. The van der Waals surface area contributed by atoms with Crippen molar-refractivity contribution in [2.45, 2.75) is 71.3 Å². The number of hydrogen-bond donors (Lipinski definition) is 1. The summed E-state index contributed by atoms with van der Waals surface area (Å²) in [7, 11) is 0. The Morgan fingerprint density at radius 1 is 1.24 bits per heavy atom. The number of unbranched alkanes of at least 4 members (excludes halogenated alkanes) is 5. The lowest BCUT2D eigenvalue weighted by molar-refractivity contribution is 0.160. The average Bonchev–Trinajstić information content (AvgIpc) is 2.69. The Kier molecular flexibility index (Phi) is 7.45. The minimum atomic E-state index is -0.206. The van der Waals surface area contributed by atoms with Crippen molar-refractivity contribution in [3.05, 3.63) is 16.1 Å². The van der Waals surface area contributed by atoms with Crippen molar-refractivity contribution in [2.24, 2.45) is 0 Å². The molecule has 1 unspecified atom stereocenters. The van der Waals surface area contributed by atoms with Gasteiger partial charge in [-0.15, -0.1) is 11.3 Å². The lowest BCUT2D eigenvalue weighted by Crippen LogP contribution is -2.10. The van der Waals surface area contributed by atoms with Crippen LogP contribution < -0.4 is 0 Å². The zero-order valence-electron chi connectivity index (χ0n) is 11.1. The Morgan fingerprint density at radius 3 is 2.59 bits per heavy atom. The predicted octanol–water partition coefficient (Wildman–Crippen LogP) is 4.11. The third kappa shape index (κ3) is 6.79. The topological polar surface area (TPSA) is 33.1 Å². The first-order chi connectivity index (χ1) is 8.22. The molecule has 0 amide bonds. The molecule has 0 aliphatic rings. The first-order valence-corrected chi connectivity index (χ1v) is 7.69. The van der Waals surface area contributed by atoms with Gasteiger partial charge in [0, 0.05) is 11.8 Å². The van der Waals surface area contributed by atoms with E-state index in [1.807, 2.05) is 6.92 Å². The second-order valence-electron chi connectivity index (χ2n) is 4.77. The van der Waals surface area contributed by atoms with Gasteiger partial charge in [0.15, 0.2) is 0 Å². The molecule has 1 atom stereocenters. The van der Waals surface area contributed by atoms with Gasteiger partial charge in [-0.2, -0.15) is 0 Å². The smallest absolute Gasteiger partial charge is 0.0897 e. The number of nitrogens with zero attached hydrogens (tertiary/aromatic N) is 1. The molecule has 0 aliphatic carbocycles. The molecule has 0 saturated heterocycles. The van der Waals surface area contributed by atoms with Crippen LogP contribution in [0.2, 0.25) is 0 Å². The van der Waals surface area contributed by atoms with Gasteiger partial charge >= 0.3 is 0 Å². The van der Waals surface area contributed by atoms with Crippen LogP contribution in [0.4, 0.5) is 0 Å². The monoisotopic (exact) mass is 255 g/mol. The molecular formula is C14H25NOS. The van der Waals surface area contributed by atoms with Gasteiger partial charge in [0.25, 0.3) is 0 Å². The van der Waals surface area contributed by atoms with E-state index in [2.05, 4.69) is 17.3 Å². The van der Waals surface area contributed by atoms with Crippen molar-refractivity contribution in [2.75, 3.05) is 0 Å². The van der Waals surface area contributed by atoms with Crippen molar-refractivity contribution >= 4 is 11.3 Å². The maximum atomic E-state index is 9.88. The third-order valence-electron chi connectivity index (χ3n) is 3.00. The molecule has 98 valence electrons. The first kappa shape index (κ1) is 14.7. The van der Waals surface area contributed by atoms with Gasteiger partial charge in [-0.25, -0.2) is 4.98 Å². The summed E-state index contributed by atoms with van der Waals surface area (Å²) in [6, 6.07) is 0. The second-order valence-corrected chi connectivity index (χ2v) is 5.83. The SMILES string of the molecule is CCCCCCCCC(O)Cc1csc(C)n1. The fourth-order valence-corrected chi connectivity index (χ4v) is 2.63. The van der Waals surface area contributed by atoms with E-state index in [1.54, 1.807) is 11.3 Å². The number of aliphatic hydroxyl groups excluding tert-OH is 1. The zero-order chi connectivity index (χ0) is 12.5. The largest absolute Gasteiger partial charge is 0.393 e. The van der Waals surface area contributed by atoms with Crippen LogP contribution in [0.25, 0.3) is 0 Å². The summed E-state index contributed by atoms with van der Waals surface area (Å²) < 4.78 is 0. The zero-order valence-corrected chi connectivity index (χ0v) is 11.9. The maximum Gasteiger partial charge on any atom is 0.0897 e. The molecule has 2 nitrogen and oxygen atoms in total. The Morgan fingerprint density at radius 2 is 1.94 bits per heavy atom. The van der Waals surface area contributed by atoms with Crippen molar-refractivity contribution in [3.63, 3.8) is 0 Å². The molecule has 0 bridgehead atoms. The molecule has 1 aromatic heterocycles. The molecule has 0 aliphatic heterocycles. The highest BCUT2D eigenvalue weighted by Crippen LogP contribution is 2.14. The summed E-state index contributed by atoms with van der Waals surface area (Å²) in [4.78, 5) is 4.38. The Bertz CT molecular complexity index is 298. The van der Waals surface area contributed by atoms with E-state index >= 15 is 0 Å². The highest BCUT2D eigenvalue weighted by atomic mass is 32.1. The molecule has 1 aromatic rings. The van der Waals surface area contributed by atoms with Crippen LogP contribution in [-0.2, 0) is 6.42 Å². The highest BCUT2D eigenvalue weighted by Gasteiger charge is 2.07. The first-order valence-electron chi connectivity index (χ1n) is 6.81. The number of aryl methyl sites for hydroxylation is 1. The van der Waals surface area contributed by atoms with Gasteiger partial charge in [0.05, 0.1) is 16.8 Å². The van der Waals surface area contributed by atoms with Crippen LogP contribution in [0.5, 0.6) is 0 Å². The number of aromatic nitrogens is 1. The van der Waals surface area contributed by atoms with Gasteiger partial charge in [0.2, 0.25) is 0 Å². The molecule has 1 N–H and O–H groups in total. The van der Waals surface area contributed by atoms with Crippen molar-refractivity contribution in [1.82, 2.24) is 4.98 Å². The van der Waals surface area contributed by atoms with Crippen LogP contribution >= 0.6 is 11.3 Å². The number of rotatable bonds is 9. The van der Waals surface area contributed by atoms with Gasteiger partial charge in [-0.3, -0.25) is 0 Å². The summed E-state index contributed by atoms with van der Waals surface area (Å²) in [5, 5.41) is 13.0. The van der Waals surface area contributed by atoms with E-state index in [4.69, 9.17) is 0 Å². The molecule has 0 aromatic carbocycles. The van der Waals surface area contributed by atoms with Gasteiger partial charge in [-0.05, 0) is 13.3 Å². The average molecular weight is 255 g/mol. The predicted molar refractivity (Wildman–Crippen MR) is 74.6 cm³/mol. The van der Waals surface area contributed by atoms with E-state index in [0.717, 1.165) is 30.0 Å². The molecule has 1 heterocycles. The van der Waals surface area contributed by atoms with Crippen LogP contribution in [0.15, 0.2) is 5.38 Å². The summed E-state index contributed by atoms with van der Waals surface area (Å²) in [5.74, 6) is 0. The molecule has 0 radical (unpaired) electrons. The normalized spacial score (nSPS) is 12.9. The van der Waals surface area contributed by atoms with Crippen molar-refractivity contribution in [3.8, 4) is 0 Å². The fourth-order valence-electron chi connectivity index (χ4n) is 2.01.